The van der Waals surface area contributed by atoms with Gasteiger partial charge in [-0.15, -0.1) is 11.3 Å². The van der Waals surface area contributed by atoms with Crippen molar-refractivity contribution in [1.29, 1.82) is 0 Å². The third-order valence-electron chi connectivity index (χ3n) is 4.74. The Kier molecular flexibility index (Phi) is 7.48. The van der Waals surface area contributed by atoms with Crippen molar-refractivity contribution in [2.75, 3.05) is 31.6 Å². The summed E-state index contributed by atoms with van der Waals surface area (Å²) in [5.74, 6) is -0.532. The molecule has 0 radical (unpaired) electrons. The smallest absolute Gasteiger partial charge is 0.341 e. The molecule has 0 unspecified atom stereocenters. The van der Waals surface area contributed by atoms with Gasteiger partial charge in [0.25, 0.3) is 0 Å². The summed E-state index contributed by atoms with van der Waals surface area (Å²) in [6.07, 6.45) is 4.70. The van der Waals surface area contributed by atoms with E-state index in [4.69, 9.17) is 16.3 Å². The van der Waals surface area contributed by atoms with Crippen LogP contribution in [0.1, 0.15) is 43.0 Å². The summed E-state index contributed by atoms with van der Waals surface area (Å²) in [7, 11) is 0. The number of anilines is 1. The molecule has 2 heterocycles. The Bertz CT molecular complexity index is 812. The first-order chi connectivity index (χ1) is 13.6. The van der Waals surface area contributed by atoms with Gasteiger partial charge in [-0.05, 0) is 50.6 Å². The third-order valence-corrected chi connectivity index (χ3v) is 5.89. The van der Waals surface area contributed by atoms with Crippen molar-refractivity contribution in [3.8, 4) is 11.1 Å². The quantitative estimate of drug-likeness (QED) is 0.663. The summed E-state index contributed by atoms with van der Waals surface area (Å²) in [5, 5.41) is 5.96. The van der Waals surface area contributed by atoms with Gasteiger partial charge in [0.15, 0.2) is 0 Å². The summed E-state index contributed by atoms with van der Waals surface area (Å²) in [6.45, 7) is 4.27. The van der Waals surface area contributed by atoms with Crippen molar-refractivity contribution in [3.05, 3.63) is 40.2 Å². The maximum atomic E-state index is 12.6. The van der Waals surface area contributed by atoms with Crippen molar-refractivity contribution in [2.45, 2.75) is 32.6 Å². The molecular formula is C21H25ClN2O3S. The van der Waals surface area contributed by atoms with E-state index in [0.717, 1.165) is 37.1 Å². The molecule has 5 nitrogen and oxygen atoms in total. The Morgan fingerprint density at radius 3 is 2.46 bits per heavy atom. The van der Waals surface area contributed by atoms with E-state index in [9.17, 15) is 9.59 Å². The van der Waals surface area contributed by atoms with Crippen LogP contribution in [0.5, 0.6) is 0 Å². The van der Waals surface area contributed by atoms with E-state index in [-0.39, 0.29) is 12.5 Å². The number of hydrogen-bond acceptors (Lipinski definition) is 5. The predicted molar refractivity (Wildman–Crippen MR) is 114 cm³/mol. The molecule has 0 saturated carbocycles. The van der Waals surface area contributed by atoms with Crippen LogP contribution in [-0.2, 0) is 9.53 Å². The molecule has 7 heteroatoms. The van der Waals surface area contributed by atoms with Crippen molar-refractivity contribution in [1.82, 2.24) is 4.90 Å². The number of esters is 1. The molecule has 28 heavy (non-hydrogen) atoms. The molecule has 1 aliphatic rings. The standard InChI is InChI=1S/C21H25ClN2O3S/c1-2-27-21(26)19-17(15-7-9-16(22)10-8-15)14-28-20(19)23-18(25)13-24-11-5-3-4-6-12-24/h7-10,14H,2-6,11-13H2,1H3,(H,23,25). The van der Waals surface area contributed by atoms with Crippen LogP contribution in [0.15, 0.2) is 29.6 Å². The lowest BCUT2D eigenvalue weighted by molar-refractivity contribution is -0.117. The maximum Gasteiger partial charge on any atom is 0.341 e. The highest BCUT2D eigenvalue weighted by Gasteiger charge is 2.23. The van der Waals surface area contributed by atoms with Crippen LogP contribution < -0.4 is 5.32 Å². The number of likely N-dealkylation sites (tertiary alicyclic amines) is 1. The highest BCUT2D eigenvalue weighted by atomic mass is 35.5. The topological polar surface area (TPSA) is 58.6 Å². The summed E-state index contributed by atoms with van der Waals surface area (Å²) in [4.78, 5) is 27.4. The molecule has 1 aliphatic heterocycles. The van der Waals surface area contributed by atoms with E-state index in [1.54, 1.807) is 19.1 Å². The first-order valence-corrected chi connectivity index (χ1v) is 10.9. The number of benzene rings is 1. The molecule has 0 spiro atoms. The van der Waals surface area contributed by atoms with Crippen LogP contribution in [0.3, 0.4) is 0 Å². The summed E-state index contributed by atoms with van der Waals surface area (Å²) < 4.78 is 5.24. The molecule has 150 valence electrons. The lowest BCUT2D eigenvalue weighted by Gasteiger charge is -2.19. The highest BCUT2D eigenvalue weighted by molar-refractivity contribution is 7.15. The number of carbonyl (C=O) groups is 2. The Balaban J connectivity index is 1.80. The molecule has 1 amide bonds. The minimum absolute atomic E-state index is 0.100. The SMILES string of the molecule is CCOC(=O)c1c(-c2ccc(Cl)cc2)csc1NC(=O)CN1CCCCCC1. The number of ether oxygens (including phenoxy) is 1. The largest absolute Gasteiger partial charge is 0.462 e. The zero-order chi connectivity index (χ0) is 19.9. The minimum atomic E-state index is -0.432. The van der Waals surface area contributed by atoms with E-state index in [1.165, 1.54) is 24.2 Å². The molecule has 1 fully saturated rings. The van der Waals surface area contributed by atoms with Crippen molar-refractivity contribution in [2.24, 2.45) is 0 Å². The number of carbonyl (C=O) groups excluding carboxylic acids is 2. The fraction of sp³-hybridized carbons (Fsp3) is 0.429. The maximum absolute atomic E-state index is 12.6. The number of hydrogen-bond donors (Lipinski definition) is 1. The van der Waals surface area contributed by atoms with Gasteiger partial charge >= 0.3 is 5.97 Å². The van der Waals surface area contributed by atoms with Gasteiger partial charge in [-0.1, -0.05) is 36.6 Å². The average molecular weight is 421 g/mol. The second-order valence-corrected chi connectivity index (χ2v) is 8.14. The van der Waals surface area contributed by atoms with Crippen LogP contribution in [0, 0.1) is 0 Å². The van der Waals surface area contributed by atoms with Gasteiger partial charge in [-0.2, -0.15) is 0 Å². The van der Waals surface area contributed by atoms with Gasteiger partial charge < -0.3 is 10.1 Å². The molecule has 1 N–H and O–H groups in total. The van der Waals surface area contributed by atoms with Gasteiger partial charge in [-0.25, -0.2) is 4.79 Å². The normalized spacial score (nSPS) is 15.1. The van der Waals surface area contributed by atoms with Crippen LogP contribution in [0.2, 0.25) is 5.02 Å². The molecule has 3 rings (SSSR count). The fourth-order valence-electron chi connectivity index (χ4n) is 3.36. The van der Waals surface area contributed by atoms with Gasteiger partial charge in [0.2, 0.25) is 5.91 Å². The molecule has 2 aromatic rings. The fourth-order valence-corrected chi connectivity index (χ4v) is 4.46. The summed E-state index contributed by atoms with van der Waals surface area (Å²) >= 11 is 7.32. The van der Waals surface area contributed by atoms with Crippen LogP contribution in [0.25, 0.3) is 11.1 Å². The van der Waals surface area contributed by atoms with Gasteiger partial charge in [0.1, 0.15) is 10.6 Å². The molecule has 1 saturated heterocycles. The van der Waals surface area contributed by atoms with Crippen LogP contribution in [0.4, 0.5) is 5.00 Å². The van der Waals surface area contributed by atoms with Gasteiger partial charge in [0, 0.05) is 16.0 Å². The van der Waals surface area contributed by atoms with Crippen LogP contribution in [-0.4, -0.2) is 43.0 Å². The number of nitrogens with zero attached hydrogens (tertiary/aromatic N) is 1. The van der Waals surface area contributed by atoms with Crippen molar-refractivity contribution >= 4 is 39.8 Å². The Labute approximate surface area is 174 Å². The Morgan fingerprint density at radius 1 is 1.14 bits per heavy atom. The Hall–Kier alpha value is -1.89. The molecule has 1 aromatic carbocycles. The zero-order valence-corrected chi connectivity index (χ0v) is 17.6. The first kappa shape index (κ1) is 20.8. The second kappa shape index (κ2) is 10.0. The lowest BCUT2D eigenvalue weighted by Crippen LogP contribution is -2.34. The highest BCUT2D eigenvalue weighted by Crippen LogP contribution is 2.36. The summed E-state index contributed by atoms with van der Waals surface area (Å²) in [5.41, 5.74) is 2.00. The number of halogens is 1. The van der Waals surface area contributed by atoms with E-state index in [2.05, 4.69) is 10.2 Å². The minimum Gasteiger partial charge on any atom is -0.462 e. The van der Waals surface area contributed by atoms with Crippen molar-refractivity contribution < 1.29 is 14.3 Å². The zero-order valence-electron chi connectivity index (χ0n) is 16.0. The lowest BCUT2D eigenvalue weighted by atomic mass is 10.0. The number of amides is 1. The van der Waals surface area contributed by atoms with E-state index in [1.807, 2.05) is 17.5 Å². The van der Waals surface area contributed by atoms with Gasteiger partial charge in [0.05, 0.1) is 13.2 Å². The molecular weight excluding hydrogens is 396 g/mol. The van der Waals surface area contributed by atoms with E-state index >= 15 is 0 Å². The number of rotatable bonds is 6. The van der Waals surface area contributed by atoms with E-state index < -0.39 is 5.97 Å². The summed E-state index contributed by atoms with van der Waals surface area (Å²) in [6, 6.07) is 7.27. The molecule has 1 aromatic heterocycles. The first-order valence-electron chi connectivity index (χ1n) is 9.65. The van der Waals surface area contributed by atoms with Crippen molar-refractivity contribution in [3.63, 3.8) is 0 Å². The Morgan fingerprint density at radius 2 is 1.82 bits per heavy atom. The second-order valence-electron chi connectivity index (χ2n) is 6.82. The van der Waals surface area contributed by atoms with E-state index in [0.29, 0.717) is 22.1 Å². The predicted octanol–water partition coefficient (Wildman–Crippen LogP) is 5.06. The number of nitrogens with one attached hydrogen (secondary N) is 1. The molecule has 0 bridgehead atoms. The van der Waals surface area contributed by atoms with Crippen LogP contribution >= 0.6 is 22.9 Å². The third kappa shape index (κ3) is 5.34. The molecule has 0 atom stereocenters. The monoisotopic (exact) mass is 420 g/mol. The van der Waals surface area contributed by atoms with Gasteiger partial charge in [-0.3, -0.25) is 9.69 Å². The molecule has 0 aliphatic carbocycles. The number of thiophene rings is 1. The average Bonchev–Trinajstić information content (AvgIpc) is 2.90.